The number of carbonyl (C=O) groups excluding carboxylic acids is 2. The van der Waals surface area contributed by atoms with Gasteiger partial charge >= 0.3 is 0 Å². The lowest BCUT2D eigenvalue weighted by molar-refractivity contribution is 0.102. The van der Waals surface area contributed by atoms with Gasteiger partial charge in [0.2, 0.25) is 0 Å². The molecule has 16 bridgehead atoms. The van der Waals surface area contributed by atoms with Crippen LogP contribution >= 0.6 is 0 Å². The number of ketones is 2. The number of nitrogens with one attached hydrogen (secondary N) is 4. The SMILES string of the molecule is Cc1ccc(-c2c3nc(c(-c4c(C)cc(C)cc4C)c4[nH]c5c(c4C(C)(C)C)C(=O)c4cc6c(cc4-c5c4nc(c(-c5c(C)cc(C)cc5C)c5ccc2[nH]5)C=C4)C(=O)c2c(C(C)(C)C)c4[nH]c2c-6c2nc(c(-c5c(C)cc(C)cc5C)c5ccc([nH]5)c(-c5ccc(C)cc5)c5nc(c4-c4c(C)cc(C)cc4C)C=C5)C=C2)C=C3)cc1. The molecule has 6 aliphatic rings. The van der Waals surface area contributed by atoms with Crippen LogP contribution in [-0.2, 0) is 10.8 Å². The van der Waals surface area contributed by atoms with Gasteiger partial charge in [0.15, 0.2) is 11.6 Å². The van der Waals surface area contributed by atoms with Crippen molar-refractivity contribution in [2.24, 2.45) is 0 Å². The number of hydrogen-bond donors (Lipinski definition) is 4. The Kier molecular flexibility index (Phi) is 16.6. The van der Waals surface area contributed by atoms with Crippen LogP contribution in [0.1, 0.15) is 208 Å². The molecule has 0 amide bonds. The van der Waals surface area contributed by atoms with Crippen LogP contribution in [0.15, 0.2) is 133 Å². The van der Waals surface area contributed by atoms with Gasteiger partial charge in [0.05, 0.1) is 78.7 Å². The fraction of sp³-hybridized carbons (Fsp3) is 0.208. The van der Waals surface area contributed by atoms with Gasteiger partial charge in [-0.25, -0.2) is 19.9 Å². The molecule has 0 unspecified atom stereocenters. The molecule has 19 rings (SSSR count). The van der Waals surface area contributed by atoms with Crippen LogP contribution in [0.4, 0.5) is 0 Å². The third-order valence-corrected chi connectivity index (χ3v) is 24.6. The molecule has 7 aromatic carbocycles. The first-order valence-electron chi connectivity index (χ1n) is 40.6. The minimum absolute atomic E-state index is 0.173. The molecule has 0 saturated heterocycles. The van der Waals surface area contributed by atoms with Crippen molar-refractivity contribution in [3.63, 3.8) is 0 Å². The molecule has 4 aliphatic heterocycles. The van der Waals surface area contributed by atoms with Crippen molar-refractivity contribution in [3.8, 4) is 89.0 Å². The summed E-state index contributed by atoms with van der Waals surface area (Å²) in [5, 5.41) is 0. The Morgan fingerprint density at radius 1 is 0.224 bits per heavy atom. The van der Waals surface area contributed by atoms with Gasteiger partial charge in [-0.1, -0.05) is 172 Å². The minimum atomic E-state index is -0.682. The summed E-state index contributed by atoms with van der Waals surface area (Å²) < 4.78 is 0. The van der Waals surface area contributed by atoms with Crippen LogP contribution in [0.3, 0.4) is 0 Å². The highest BCUT2D eigenvalue weighted by Crippen LogP contribution is 2.55. The van der Waals surface area contributed by atoms with Gasteiger partial charge in [0, 0.05) is 77.7 Å². The second kappa shape index (κ2) is 26.3. The van der Waals surface area contributed by atoms with E-state index >= 15 is 9.59 Å². The lowest BCUT2D eigenvalue weighted by Gasteiger charge is -2.27. The van der Waals surface area contributed by atoms with Crippen LogP contribution < -0.4 is 0 Å². The van der Waals surface area contributed by atoms with Crippen molar-refractivity contribution >= 4 is 104 Å². The van der Waals surface area contributed by atoms with E-state index in [1.807, 2.05) is 12.1 Å². The summed E-state index contributed by atoms with van der Waals surface area (Å²) >= 11 is 0. The molecule has 2 aliphatic carbocycles. The molecule has 570 valence electrons. The highest BCUT2D eigenvalue weighted by atomic mass is 16.1. The molecule has 0 radical (unpaired) electrons. The van der Waals surface area contributed by atoms with Crippen molar-refractivity contribution in [3.05, 3.63) is 290 Å². The summed E-state index contributed by atoms with van der Waals surface area (Å²) in [7, 11) is 0. The van der Waals surface area contributed by atoms with Gasteiger partial charge in [-0.3, -0.25) is 9.59 Å². The maximum absolute atomic E-state index is 17.6. The second-order valence-corrected chi connectivity index (χ2v) is 35.6. The summed E-state index contributed by atoms with van der Waals surface area (Å²) in [6, 6.07) is 48.3. The molecule has 10 nitrogen and oxygen atoms in total. The third kappa shape index (κ3) is 11.5. The Balaban J connectivity index is 1.00. The molecule has 0 fully saturated rings. The van der Waals surface area contributed by atoms with E-state index in [0.29, 0.717) is 66.9 Å². The number of H-pyrrole nitrogens is 4. The van der Waals surface area contributed by atoms with Crippen molar-refractivity contribution in [2.75, 3.05) is 0 Å². The van der Waals surface area contributed by atoms with Gasteiger partial charge in [-0.2, -0.15) is 0 Å². The molecule has 6 aromatic heterocycles. The fourth-order valence-electron chi connectivity index (χ4n) is 20.3. The molecule has 0 saturated carbocycles. The van der Waals surface area contributed by atoms with Gasteiger partial charge in [0.25, 0.3) is 0 Å². The Labute approximate surface area is 678 Å². The average Bonchev–Trinajstić information content (AvgIpc) is 1.51. The summed E-state index contributed by atoms with van der Waals surface area (Å²) in [6.07, 6.45) is 17.1. The smallest absolute Gasteiger partial charge is 0.196 e. The lowest BCUT2D eigenvalue weighted by Crippen LogP contribution is -2.21. The number of hydrogen-bond acceptors (Lipinski definition) is 6. The van der Waals surface area contributed by atoms with Gasteiger partial charge < -0.3 is 19.9 Å². The molecular weight excluding hydrogens is 1420 g/mol. The van der Waals surface area contributed by atoms with E-state index in [-0.39, 0.29) is 11.6 Å². The third-order valence-electron chi connectivity index (χ3n) is 24.6. The maximum atomic E-state index is 17.6. The van der Waals surface area contributed by atoms with Crippen LogP contribution in [-0.4, -0.2) is 51.4 Å². The summed E-state index contributed by atoms with van der Waals surface area (Å²) in [5.74, 6) is -0.346. The van der Waals surface area contributed by atoms with E-state index in [1.54, 1.807) is 0 Å². The first-order valence-corrected chi connectivity index (χ1v) is 40.6. The van der Waals surface area contributed by atoms with Crippen LogP contribution in [0.2, 0.25) is 0 Å². The molecule has 116 heavy (non-hydrogen) atoms. The van der Waals surface area contributed by atoms with E-state index < -0.39 is 10.8 Å². The zero-order chi connectivity index (χ0) is 81.0. The lowest BCUT2D eigenvalue weighted by atomic mass is 9.74. The first kappa shape index (κ1) is 73.3. The number of rotatable bonds is 6. The Morgan fingerprint density at radius 3 is 0.741 bits per heavy atom. The normalized spacial score (nSPS) is 13.2. The minimum Gasteiger partial charge on any atom is -0.354 e. The largest absolute Gasteiger partial charge is 0.354 e. The molecule has 0 atom stereocenters. The molecule has 13 aromatic rings. The first-order chi connectivity index (χ1) is 55.3. The summed E-state index contributed by atoms with van der Waals surface area (Å²) in [4.78, 5) is 75.1. The van der Waals surface area contributed by atoms with Gasteiger partial charge in [-0.15, -0.1) is 0 Å². The summed E-state index contributed by atoms with van der Waals surface area (Å²) in [5.41, 5.74) is 44.7. The zero-order valence-electron chi connectivity index (χ0n) is 69.9. The van der Waals surface area contributed by atoms with E-state index in [2.05, 4.69) is 328 Å². The summed E-state index contributed by atoms with van der Waals surface area (Å²) in [6.45, 7) is 43.6. The predicted molar refractivity (Wildman–Crippen MR) is 485 cm³/mol. The molecule has 10 heteroatoms. The quantitative estimate of drug-likeness (QED) is 0.130. The highest BCUT2D eigenvalue weighted by Gasteiger charge is 2.42. The Bertz CT molecular complexity index is 6670. The number of nitrogens with zero attached hydrogens (tertiary/aromatic N) is 4. The number of aryl methyl sites for hydroxylation is 14. The fourth-order valence-corrected chi connectivity index (χ4v) is 20.3. The molecule has 4 N–H and O–H groups in total. The Hall–Kier alpha value is -12.9. The van der Waals surface area contributed by atoms with Crippen LogP contribution in [0, 0.1) is 96.9 Å². The maximum Gasteiger partial charge on any atom is 0.196 e. The van der Waals surface area contributed by atoms with E-state index in [0.717, 1.165) is 212 Å². The van der Waals surface area contributed by atoms with Crippen molar-refractivity contribution in [1.29, 1.82) is 0 Å². The Morgan fingerprint density at radius 2 is 0.466 bits per heavy atom. The van der Waals surface area contributed by atoms with Crippen molar-refractivity contribution in [2.45, 2.75) is 149 Å². The van der Waals surface area contributed by atoms with Crippen molar-refractivity contribution < 1.29 is 9.59 Å². The average molecular weight is 1510 g/mol. The standard InChI is InChI=1S/C106H94N8O2/c1-51-21-25-65(26-22-51)87-71-29-35-77(107-71)91(83-57(7)41-53(3)42-58(83)8)79-37-33-75(111-79)89-67-49-70-68(50-69(67)103(115)95-97(105(15,16)17)101(113-99(89)95)93(81-39-31-73(87)109-81)85-61(11)45-55(5)46-62(85)12)90-76-34-38-80(112-76)92(84-59(9)43-54(4)44-60(84)10)78-36-30-72(108-78)88(66-27-23-52(2)24-28-66)74-32-40-82(110-74)94(86-63(13)47-56(6)48-64(86)14)102-98(106(18,19)20)96(104(70)116)100(90)114-102/h21-50,107-108,113-114H,1-20H3. The molecular formula is C106H94N8O2. The van der Waals surface area contributed by atoms with Gasteiger partial charge in [0.1, 0.15) is 0 Å². The van der Waals surface area contributed by atoms with E-state index in [1.165, 1.54) is 11.1 Å². The molecule has 10 heterocycles. The highest BCUT2D eigenvalue weighted by molar-refractivity contribution is 6.31. The number of aromatic amines is 4. The van der Waals surface area contributed by atoms with Crippen LogP contribution in [0.25, 0.3) is 182 Å². The number of fused-ring (bicyclic) bond motifs is 20. The van der Waals surface area contributed by atoms with Gasteiger partial charge in [-0.05, 0) is 293 Å². The second-order valence-electron chi connectivity index (χ2n) is 35.6. The van der Waals surface area contributed by atoms with E-state index in [9.17, 15) is 0 Å². The monoisotopic (exact) mass is 1510 g/mol. The predicted octanol–water partition coefficient (Wildman–Crippen LogP) is 27.0. The van der Waals surface area contributed by atoms with E-state index in [4.69, 9.17) is 19.9 Å². The van der Waals surface area contributed by atoms with Crippen LogP contribution in [0.5, 0.6) is 0 Å². The number of benzene rings is 7. The number of aromatic nitrogens is 8. The molecule has 0 spiro atoms. The van der Waals surface area contributed by atoms with Crippen molar-refractivity contribution in [1.82, 2.24) is 39.9 Å². The topological polar surface area (TPSA) is 149 Å². The number of carbonyl (C=O) groups is 2. The zero-order valence-corrected chi connectivity index (χ0v) is 69.9.